The van der Waals surface area contributed by atoms with Crippen LogP contribution in [0, 0.1) is 0 Å². The number of hydrogen-bond acceptors (Lipinski definition) is 10. The van der Waals surface area contributed by atoms with Gasteiger partial charge in [0.05, 0.1) is 34.2 Å². The smallest absolute Gasteiger partial charge is 0.753 e. The number of carbonyl (C=O) groups excluding carboxylic acids is 3. The van der Waals surface area contributed by atoms with Gasteiger partial charge >= 0.3 is 51.4 Å². The molecule has 0 fully saturated rings. The molecule has 0 saturated heterocycles. The van der Waals surface area contributed by atoms with E-state index < -0.39 is 0 Å². The fraction of sp³-hybridized carbons (Fsp3) is 0.0789. The second-order valence-corrected chi connectivity index (χ2v) is 21.2. The van der Waals surface area contributed by atoms with Crippen molar-refractivity contribution in [2.24, 2.45) is 0 Å². The summed E-state index contributed by atoms with van der Waals surface area (Å²) in [4.78, 5) is 39.0. The summed E-state index contributed by atoms with van der Waals surface area (Å²) in [7, 11) is 5.04. The molecule has 16 heteroatoms. The predicted molar refractivity (Wildman–Crippen MR) is 380 cm³/mol. The zero-order valence-electron chi connectivity index (χ0n) is 51.1. The maximum Gasteiger partial charge on any atom is 1.00 e. The summed E-state index contributed by atoms with van der Waals surface area (Å²) in [6.07, 6.45) is 4.60. The van der Waals surface area contributed by atoms with Crippen LogP contribution < -0.4 is 87.3 Å². The van der Waals surface area contributed by atoms with Gasteiger partial charge in [-0.15, -0.1) is 0 Å². The molecule has 0 radical (unpaired) electrons. The molecule has 0 aliphatic carbocycles. The van der Waals surface area contributed by atoms with Crippen LogP contribution in [-0.2, 0) is 33.6 Å². The Morgan fingerprint density at radius 2 is 0.804 bits per heavy atom. The van der Waals surface area contributed by atoms with E-state index in [0.717, 1.165) is 117 Å². The van der Waals surface area contributed by atoms with Crippen LogP contribution in [0.25, 0.3) is 71.1 Å². The summed E-state index contributed by atoms with van der Waals surface area (Å²) in [6.45, 7) is 0. The van der Waals surface area contributed by atoms with Crippen LogP contribution in [-0.4, -0.2) is 53.6 Å². The Kier molecular flexibility index (Phi) is 27.9. The Hall–Kier alpha value is -9.22. The minimum absolute atomic E-state index is 0. The number of thiocarbonyl (C=S) groups is 2. The summed E-state index contributed by atoms with van der Waals surface area (Å²) < 4.78 is 16.4. The van der Waals surface area contributed by atoms with Crippen molar-refractivity contribution in [3.63, 3.8) is 0 Å². The van der Waals surface area contributed by atoms with E-state index in [1.807, 2.05) is 219 Å². The number of isothiocyanates is 1. The number of fused-ring (bicyclic) bond motifs is 3. The van der Waals surface area contributed by atoms with Crippen molar-refractivity contribution < 1.29 is 80.0 Å². The van der Waals surface area contributed by atoms with Crippen molar-refractivity contribution in [1.82, 2.24) is 10.3 Å². The molecule has 12 nitrogen and oxygen atoms in total. The maximum absolute atomic E-state index is 12.3. The summed E-state index contributed by atoms with van der Waals surface area (Å²) in [5.41, 5.74) is 17.7. The molecule has 1 aromatic heterocycles. The standard InChI is InChI=1S/C26H22N2O2S.C25H21NO2.C16H14N2O.C8H7ClO.CNS.K/c1-30-24-16-15-21(22-9-5-6-10-23(22)24)19-11-13-20(14-12-19)27-26(31)28-25(29)17-18-7-3-2-4-8-18;1-28-24-16-15-21(22-9-5-6-10-23(22)24)19-11-13-20(14-12-19)26-25(27)17-18-7-3-2-4-8-18;1-19-16-7-6-13(11-2-4-12(17)5-3-11)14-8-9-18-10-15(14)16;9-8(10)6-7-4-2-1-3-5-7;2-1-3;/h2-16H,17H2,1H3,(H2,27,28,29,31);2-16H,17H2,1H3,(H,26,27);2-10H,17H2,1H3;1-5H,6H2;;/q;;;;-1;+1. The number of rotatable bonds is 14. The number of aromatic nitrogens is 1. The van der Waals surface area contributed by atoms with Crippen LogP contribution >= 0.6 is 36.0 Å². The van der Waals surface area contributed by atoms with Gasteiger partial charge in [-0.1, -0.05) is 206 Å². The number of ether oxygens (including phenoxy) is 3. The summed E-state index contributed by atoms with van der Waals surface area (Å²) in [5.74, 6) is 2.39. The van der Waals surface area contributed by atoms with Crippen LogP contribution in [0.2, 0.25) is 0 Å². The van der Waals surface area contributed by atoms with Gasteiger partial charge in [0.25, 0.3) is 0 Å². The van der Waals surface area contributed by atoms with Gasteiger partial charge in [-0.05, 0) is 151 Å². The SMILES string of the molecule is COc1ccc(-c2ccc(N)cc2)c2ccncc12.COc1ccc(-c2ccc(NC(=O)Cc3ccccc3)cc2)c2ccccc12.COc1ccc(-c2ccc(NC(=S)NC(=O)Cc3ccccc3)cc2)c2ccccc12.O=C(Cl)Cc1ccccc1.[K+].[N-]=C=S. The number of benzene rings is 11. The van der Waals surface area contributed by atoms with Crippen LogP contribution in [0.4, 0.5) is 17.1 Å². The van der Waals surface area contributed by atoms with E-state index in [-0.39, 0.29) is 80.0 Å². The number of nitrogens with zero attached hydrogens (tertiary/aromatic N) is 2. The molecule has 12 rings (SSSR count). The minimum atomic E-state index is -0.314. The van der Waals surface area contributed by atoms with Crippen molar-refractivity contribution in [2.75, 3.05) is 37.7 Å². The van der Waals surface area contributed by atoms with E-state index in [1.54, 1.807) is 27.5 Å². The summed E-state index contributed by atoms with van der Waals surface area (Å²) in [5, 5.41) is 23.8. The van der Waals surface area contributed by atoms with Gasteiger partial charge in [0.2, 0.25) is 17.1 Å². The first kappa shape index (κ1) is 70.2. The Morgan fingerprint density at radius 1 is 0.457 bits per heavy atom. The molecule has 454 valence electrons. The molecule has 0 spiro atoms. The Bertz CT molecular complexity index is 4430. The van der Waals surface area contributed by atoms with Gasteiger partial charge in [-0.25, -0.2) is 0 Å². The molecule has 0 atom stereocenters. The number of amides is 2. The van der Waals surface area contributed by atoms with Crippen LogP contribution in [0.3, 0.4) is 0 Å². The Balaban J connectivity index is 0.000000181. The van der Waals surface area contributed by atoms with E-state index >= 15 is 0 Å². The topological polar surface area (TPSA) is 176 Å². The first-order chi connectivity index (χ1) is 44.4. The number of anilines is 3. The third kappa shape index (κ3) is 20.4. The molecule has 11 aromatic carbocycles. The molecule has 0 saturated carbocycles. The van der Waals surface area contributed by atoms with Crippen molar-refractivity contribution in [3.8, 4) is 50.6 Å². The average Bonchev–Trinajstić information content (AvgIpc) is 0.854. The molecule has 0 aliphatic heterocycles. The van der Waals surface area contributed by atoms with Crippen LogP contribution in [0.15, 0.2) is 267 Å². The van der Waals surface area contributed by atoms with Crippen molar-refractivity contribution in [1.29, 1.82) is 0 Å². The predicted octanol–water partition coefficient (Wildman–Crippen LogP) is 14.4. The second-order valence-electron chi connectivity index (χ2n) is 20.2. The number of nitrogens with two attached hydrogens (primary N) is 1. The number of nitrogen functional groups attached to an aromatic ring is 1. The number of halogens is 1. The summed E-state index contributed by atoms with van der Waals surface area (Å²) in [6, 6.07) is 83.1. The Morgan fingerprint density at radius 3 is 1.22 bits per heavy atom. The third-order valence-electron chi connectivity index (χ3n) is 14.2. The molecule has 0 bridgehead atoms. The largest absolute Gasteiger partial charge is 1.00 e. The second kappa shape index (κ2) is 36.6. The van der Waals surface area contributed by atoms with Crippen molar-refractivity contribution >= 4 is 113 Å². The van der Waals surface area contributed by atoms with Crippen LogP contribution in [0.1, 0.15) is 16.7 Å². The number of carbonyl (C=O) groups is 3. The quantitative estimate of drug-likeness (QED) is 0.0268. The van der Waals surface area contributed by atoms with Crippen LogP contribution in [0.5, 0.6) is 17.2 Å². The normalized spacial score (nSPS) is 10.0. The zero-order valence-corrected chi connectivity index (χ0v) is 56.7. The molecular weight excluding hydrogens is 1230 g/mol. The number of hydrogen-bond donors (Lipinski definition) is 4. The van der Waals surface area contributed by atoms with Crippen molar-refractivity contribution in [2.45, 2.75) is 19.3 Å². The maximum atomic E-state index is 12.3. The van der Waals surface area contributed by atoms with E-state index in [0.29, 0.717) is 12.8 Å². The van der Waals surface area contributed by atoms with E-state index in [4.69, 9.17) is 49.2 Å². The minimum Gasteiger partial charge on any atom is -0.753 e. The monoisotopic (exact) mass is 1290 g/mol. The first-order valence-electron chi connectivity index (χ1n) is 28.7. The fourth-order valence-electron chi connectivity index (χ4n) is 9.98. The summed E-state index contributed by atoms with van der Waals surface area (Å²) >= 11 is 14.2. The number of methoxy groups -OCH3 is 3. The fourth-order valence-corrected chi connectivity index (χ4v) is 10.4. The molecule has 0 unspecified atom stereocenters. The third-order valence-corrected chi connectivity index (χ3v) is 14.6. The number of pyridine rings is 1. The van der Waals surface area contributed by atoms with E-state index in [2.05, 4.69) is 75.6 Å². The van der Waals surface area contributed by atoms with E-state index in [1.165, 1.54) is 5.16 Å². The first-order valence-corrected chi connectivity index (χ1v) is 29.9. The molecule has 92 heavy (non-hydrogen) atoms. The molecule has 2 amide bonds. The van der Waals surface area contributed by atoms with Gasteiger partial charge < -0.3 is 41.3 Å². The van der Waals surface area contributed by atoms with Gasteiger partial charge in [0, 0.05) is 52.0 Å². The van der Waals surface area contributed by atoms with Gasteiger partial charge in [-0.2, -0.15) is 5.16 Å². The van der Waals surface area contributed by atoms with Gasteiger partial charge in [0.1, 0.15) is 17.2 Å². The molecular formula is C76H64ClKN6O6S2. The van der Waals surface area contributed by atoms with Gasteiger partial charge in [-0.3, -0.25) is 19.4 Å². The molecule has 5 N–H and O–H groups in total. The van der Waals surface area contributed by atoms with Crippen molar-refractivity contribution in [3.05, 3.63) is 289 Å². The average molecular weight is 1300 g/mol. The molecule has 1 heterocycles. The van der Waals surface area contributed by atoms with E-state index in [9.17, 15) is 14.4 Å². The zero-order chi connectivity index (χ0) is 64.3. The van der Waals surface area contributed by atoms with Gasteiger partial charge in [0.15, 0.2) is 5.11 Å². The Labute approximate surface area is 594 Å². The number of nitrogens with one attached hydrogen (secondary N) is 3. The molecule has 0 aliphatic rings. The molecule has 12 aromatic rings.